The van der Waals surface area contributed by atoms with Gasteiger partial charge in [0.05, 0.1) is 11.2 Å². The summed E-state index contributed by atoms with van der Waals surface area (Å²) < 4.78 is 12.6. The fourth-order valence-corrected chi connectivity index (χ4v) is 3.73. The first-order valence-corrected chi connectivity index (χ1v) is 10.3. The summed E-state index contributed by atoms with van der Waals surface area (Å²) in [6, 6.07) is 21.3. The maximum atomic E-state index is 6.30. The molecule has 148 valence electrons. The van der Waals surface area contributed by atoms with Gasteiger partial charge in [-0.15, -0.1) is 0 Å². The second-order valence-electron chi connectivity index (χ2n) is 9.10. The van der Waals surface area contributed by atoms with Gasteiger partial charge in [0, 0.05) is 5.41 Å². The molecule has 0 bridgehead atoms. The summed E-state index contributed by atoms with van der Waals surface area (Å²) in [6.45, 7) is 10.7. The lowest BCUT2D eigenvalue weighted by Crippen LogP contribution is -2.41. The highest BCUT2D eigenvalue weighted by Crippen LogP contribution is 2.41. The van der Waals surface area contributed by atoms with E-state index < -0.39 is 0 Å². The van der Waals surface area contributed by atoms with Crippen molar-refractivity contribution in [2.75, 3.05) is 0 Å². The molecule has 1 saturated heterocycles. The van der Waals surface area contributed by atoms with Crippen LogP contribution in [0.4, 0.5) is 0 Å². The molecule has 0 aromatic heterocycles. The molecule has 2 aromatic carbocycles. The topological polar surface area (TPSA) is 18.5 Å². The van der Waals surface area contributed by atoms with Gasteiger partial charge in [-0.05, 0) is 58.0 Å². The SMILES string of the molecule is CC1(C)OB(C[C@@](C)(/C=C/CCc2ccccc2)c2ccccc2)OC1(C)C. The van der Waals surface area contributed by atoms with E-state index in [9.17, 15) is 0 Å². The van der Waals surface area contributed by atoms with Gasteiger partial charge >= 0.3 is 7.12 Å². The third kappa shape index (κ3) is 4.77. The molecule has 0 N–H and O–H groups in total. The average molecular weight is 376 g/mol. The summed E-state index contributed by atoms with van der Waals surface area (Å²) >= 11 is 0. The van der Waals surface area contributed by atoms with Gasteiger partial charge in [0.25, 0.3) is 0 Å². The van der Waals surface area contributed by atoms with Gasteiger partial charge in [-0.25, -0.2) is 0 Å². The monoisotopic (exact) mass is 376 g/mol. The van der Waals surface area contributed by atoms with E-state index in [0.717, 1.165) is 19.2 Å². The predicted octanol–water partition coefficient (Wildman–Crippen LogP) is 6.23. The molecule has 0 radical (unpaired) electrons. The van der Waals surface area contributed by atoms with Crippen LogP contribution in [0.15, 0.2) is 72.8 Å². The van der Waals surface area contributed by atoms with Gasteiger partial charge in [-0.1, -0.05) is 79.7 Å². The zero-order valence-electron chi connectivity index (χ0n) is 17.9. The van der Waals surface area contributed by atoms with E-state index in [-0.39, 0.29) is 23.7 Å². The Bertz CT molecular complexity index is 767. The minimum Gasteiger partial charge on any atom is -0.403 e. The van der Waals surface area contributed by atoms with Crippen molar-refractivity contribution in [2.24, 2.45) is 0 Å². The first-order chi connectivity index (χ1) is 13.2. The Labute approximate surface area is 171 Å². The first kappa shape index (κ1) is 20.9. The molecule has 3 heteroatoms. The number of hydrogen-bond acceptors (Lipinski definition) is 2. The van der Waals surface area contributed by atoms with Crippen molar-refractivity contribution in [3.63, 3.8) is 0 Å². The first-order valence-electron chi connectivity index (χ1n) is 10.3. The van der Waals surface area contributed by atoms with Crippen molar-refractivity contribution < 1.29 is 9.31 Å². The smallest absolute Gasteiger partial charge is 0.403 e. The molecule has 0 spiro atoms. The van der Waals surface area contributed by atoms with Crippen molar-refractivity contribution in [1.82, 2.24) is 0 Å². The van der Waals surface area contributed by atoms with E-state index in [2.05, 4.69) is 107 Å². The van der Waals surface area contributed by atoms with Crippen molar-refractivity contribution in [2.45, 2.75) is 70.4 Å². The number of rotatable bonds is 7. The molecule has 28 heavy (non-hydrogen) atoms. The highest BCUT2D eigenvalue weighted by atomic mass is 16.7. The summed E-state index contributed by atoms with van der Waals surface area (Å²) in [5.74, 6) is 0. The van der Waals surface area contributed by atoms with Crippen LogP contribution < -0.4 is 0 Å². The van der Waals surface area contributed by atoms with Crippen LogP contribution in [0.2, 0.25) is 6.32 Å². The van der Waals surface area contributed by atoms with E-state index >= 15 is 0 Å². The Kier molecular flexibility index (Phi) is 6.17. The van der Waals surface area contributed by atoms with Crippen molar-refractivity contribution >= 4 is 7.12 Å². The van der Waals surface area contributed by atoms with Crippen LogP contribution in [0.1, 0.15) is 52.2 Å². The van der Waals surface area contributed by atoms with Crippen LogP contribution in [0.25, 0.3) is 0 Å². The van der Waals surface area contributed by atoms with E-state index in [1.807, 2.05) is 0 Å². The molecule has 2 aromatic rings. The number of allylic oxidation sites excluding steroid dienone is 2. The maximum absolute atomic E-state index is 6.30. The van der Waals surface area contributed by atoms with E-state index in [0.29, 0.717) is 0 Å². The minimum absolute atomic E-state index is 0.140. The quantitative estimate of drug-likeness (QED) is 0.422. The standard InChI is InChI=1S/C25H33BO2/c1-23(2)24(3,4)28-26(27-23)20-25(5,22-17-10-7-11-18-22)19-13-12-16-21-14-8-6-9-15-21/h6-11,13-15,17-19H,12,16,20H2,1-5H3/b19-13+/t25-/m1/s1. The summed E-state index contributed by atoms with van der Waals surface area (Å²) in [7, 11) is -0.214. The number of benzene rings is 2. The molecule has 1 atom stereocenters. The predicted molar refractivity (Wildman–Crippen MR) is 119 cm³/mol. The molecular weight excluding hydrogens is 343 g/mol. The third-order valence-corrected chi connectivity index (χ3v) is 6.25. The highest BCUT2D eigenvalue weighted by molar-refractivity contribution is 6.46. The van der Waals surface area contributed by atoms with Crippen LogP contribution in [-0.4, -0.2) is 18.3 Å². The summed E-state index contributed by atoms with van der Waals surface area (Å²) in [6.07, 6.45) is 7.53. The van der Waals surface area contributed by atoms with Crippen LogP contribution in [0.3, 0.4) is 0 Å². The Morgan fingerprint density at radius 3 is 1.96 bits per heavy atom. The molecule has 2 nitrogen and oxygen atoms in total. The van der Waals surface area contributed by atoms with Gasteiger partial charge in [0.2, 0.25) is 0 Å². The fraction of sp³-hybridized carbons (Fsp3) is 0.440. The van der Waals surface area contributed by atoms with E-state index in [1.165, 1.54) is 11.1 Å². The minimum atomic E-state index is -0.299. The zero-order valence-corrected chi connectivity index (χ0v) is 17.9. The van der Waals surface area contributed by atoms with E-state index in [1.54, 1.807) is 0 Å². The van der Waals surface area contributed by atoms with Gasteiger partial charge in [0.1, 0.15) is 0 Å². The highest BCUT2D eigenvalue weighted by Gasteiger charge is 2.52. The van der Waals surface area contributed by atoms with Gasteiger partial charge < -0.3 is 9.31 Å². The Balaban J connectivity index is 1.74. The molecular formula is C25H33BO2. The molecule has 0 aliphatic carbocycles. The van der Waals surface area contributed by atoms with Gasteiger partial charge in [0.15, 0.2) is 0 Å². The summed E-state index contributed by atoms with van der Waals surface area (Å²) in [5, 5.41) is 0. The molecule has 1 aliphatic rings. The van der Waals surface area contributed by atoms with Gasteiger partial charge in [-0.2, -0.15) is 0 Å². The number of hydrogen-bond donors (Lipinski definition) is 0. The largest absolute Gasteiger partial charge is 0.459 e. The normalized spacial score (nSPS) is 20.4. The average Bonchev–Trinajstić information content (AvgIpc) is 2.86. The fourth-order valence-electron chi connectivity index (χ4n) is 3.73. The summed E-state index contributed by atoms with van der Waals surface area (Å²) in [5.41, 5.74) is 1.93. The van der Waals surface area contributed by atoms with Crippen molar-refractivity contribution in [3.05, 3.63) is 83.9 Å². The Morgan fingerprint density at radius 2 is 1.39 bits per heavy atom. The lowest BCUT2D eigenvalue weighted by molar-refractivity contribution is 0.00578. The third-order valence-electron chi connectivity index (χ3n) is 6.25. The second kappa shape index (κ2) is 8.27. The second-order valence-corrected chi connectivity index (χ2v) is 9.10. The molecule has 1 fully saturated rings. The maximum Gasteiger partial charge on any atom is 0.459 e. The van der Waals surface area contributed by atoms with Crippen molar-refractivity contribution in [3.8, 4) is 0 Å². The van der Waals surface area contributed by atoms with Crippen LogP contribution in [-0.2, 0) is 21.1 Å². The number of aryl methyl sites for hydroxylation is 1. The van der Waals surface area contributed by atoms with Crippen molar-refractivity contribution in [1.29, 1.82) is 0 Å². The Hall–Kier alpha value is -1.84. The van der Waals surface area contributed by atoms with Crippen LogP contribution in [0, 0.1) is 0 Å². The lowest BCUT2D eigenvalue weighted by atomic mass is 9.65. The lowest BCUT2D eigenvalue weighted by Gasteiger charge is -2.32. The Morgan fingerprint density at radius 1 is 0.857 bits per heavy atom. The molecule has 0 saturated carbocycles. The molecule has 3 rings (SSSR count). The molecule has 0 amide bonds. The molecule has 1 aliphatic heterocycles. The van der Waals surface area contributed by atoms with Crippen LogP contribution >= 0.6 is 0 Å². The molecule has 0 unspecified atom stereocenters. The van der Waals surface area contributed by atoms with E-state index in [4.69, 9.17) is 9.31 Å². The van der Waals surface area contributed by atoms with Gasteiger partial charge in [-0.3, -0.25) is 0 Å². The van der Waals surface area contributed by atoms with Crippen LogP contribution in [0.5, 0.6) is 0 Å². The molecule has 1 heterocycles. The zero-order chi connectivity index (χ0) is 20.3. The summed E-state index contributed by atoms with van der Waals surface area (Å²) in [4.78, 5) is 0.